The second-order valence-corrected chi connectivity index (χ2v) is 3.64. The van der Waals surface area contributed by atoms with Crippen molar-refractivity contribution in [1.82, 2.24) is 10.6 Å². The molecule has 0 radical (unpaired) electrons. The summed E-state index contributed by atoms with van der Waals surface area (Å²) >= 11 is 1.47. The maximum Gasteiger partial charge on any atom is 0.261 e. The van der Waals surface area contributed by atoms with Gasteiger partial charge in [0, 0.05) is 6.54 Å². The summed E-state index contributed by atoms with van der Waals surface area (Å²) in [5.74, 6) is 0.0334. The molecule has 2 N–H and O–H groups in total. The van der Waals surface area contributed by atoms with Crippen LogP contribution in [0, 0.1) is 0 Å². The molecule has 0 unspecified atom stereocenters. The van der Waals surface area contributed by atoms with Crippen LogP contribution in [0.25, 0.3) is 0 Å². The number of hydrogen-bond donors (Lipinski definition) is 2. The average Bonchev–Trinajstić information content (AvgIpc) is 2.65. The van der Waals surface area contributed by atoms with Crippen molar-refractivity contribution in [3.8, 4) is 0 Å². The number of thiophene rings is 1. The second kappa shape index (κ2) is 5.72. The van der Waals surface area contributed by atoms with Crippen LogP contribution in [0.4, 0.5) is 0 Å². The summed E-state index contributed by atoms with van der Waals surface area (Å²) in [4.78, 5) is 12.1. The second-order valence-electron chi connectivity index (χ2n) is 2.69. The van der Waals surface area contributed by atoms with Gasteiger partial charge in [0.25, 0.3) is 5.91 Å². The molecule has 1 rings (SSSR count). The molecule has 0 aliphatic carbocycles. The molecule has 0 saturated carbocycles. The van der Waals surface area contributed by atoms with E-state index in [-0.39, 0.29) is 5.91 Å². The van der Waals surface area contributed by atoms with Crippen molar-refractivity contribution in [2.24, 2.45) is 0 Å². The number of amides is 1. The van der Waals surface area contributed by atoms with Crippen molar-refractivity contribution in [3.63, 3.8) is 0 Å². The van der Waals surface area contributed by atoms with E-state index in [4.69, 9.17) is 0 Å². The summed E-state index contributed by atoms with van der Waals surface area (Å²) in [7, 11) is 1.90. The SMILES string of the molecule is CNCCCNC(=O)c1cccs1. The predicted octanol–water partition coefficient (Wildman–Crippen LogP) is 1.09. The number of nitrogens with one attached hydrogen (secondary N) is 2. The lowest BCUT2D eigenvalue weighted by Gasteiger charge is -2.02. The summed E-state index contributed by atoms with van der Waals surface area (Å²) in [6.45, 7) is 1.67. The highest BCUT2D eigenvalue weighted by Crippen LogP contribution is 2.07. The normalized spacial score (nSPS) is 9.92. The topological polar surface area (TPSA) is 41.1 Å². The van der Waals surface area contributed by atoms with Crippen LogP contribution in [0.2, 0.25) is 0 Å². The largest absolute Gasteiger partial charge is 0.351 e. The third kappa shape index (κ3) is 3.57. The Morgan fingerprint density at radius 3 is 3.00 bits per heavy atom. The van der Waals surface area contributed by atoms with Gasteiger partial charge in [-0.3, -0.25) is 4.79 Å². The molecule has 1 heterocycles. The summed E-state index contributed by atoms with van der Waals surface area (Å²) in [6.07, 6.45) is 0.966. The summed E-state index contributed by atoms with van der Waals surface area (Å²) in [5, 5.41) is 7.78. The summed E-state index contributed by atoms with van der Waals surface area (Å²) in [6, 6.07) is 3.71. The van der Waals surface area contributed by atoms with Crippen LogP contribution < -0.4 is 10.6 Å². The molecule has 1 amide bonds. The van der Waals surface area contributed by atoms with Gasteiger partial charge in [0.1, 0.15) is 0 Å². The molecule has 0 saturated heterocycles. The Labute approximate surface area is 82.2 Å². The molecule has 72 valence electrons. The van der Waals surface area contributed by atoms with Crippen LogP contribution >= 0.6 is 11.3 Å². The Balaban J connectivity index is 2.19. The molecule has 1 aromatic rings. The molecule has 13 heavy (non-hydrogen) atoms. The zero-order valence-corrected chi connectivity index (χ0v) is 8.49. The van der Waals surface area contributed by atoms with E-state index in [1.54, 1.807) is 0 Å². The molecule has 0 bridgehead atoms. The monoisotopic (exact) mass is 198 g/mol. The smallest absolute Gasteiger partial charge is 0.261 e. The standard InChI is InChI=1S/C9H14N2OS/c1-10-5-3-6-11-9(12)8-4-2-7-13-8/h2,4,7,10H,3,5-6H2,1H3,(H,11,12). The van der Waals surface area contributed by atoms with Gasteiger partial charge in [0.2, 0.25) is 0 Å². The maximum atomic E-state index is 11.3. The maximum absolute atomic E-state index is 11.3. The van der Waals surface area contributed by atoms with E-state index in [9.17, 15) is 4.79 Å². The Morgan fingerprint density at radius 1 is 1.54 bits per heavy atom. The quantitative estimate of drug-likeness (QED) is 0.695. The first-order valence-electron chi connectivity index (χ1n) is 4.31. The van der Waals surface area contributed by atoms with Crippen molar-refractivity contribution >= 4 is 17.2 Å². The number of carbonyl (C=O) groups is 1. The van der Waals surface area contributed by atoms with Crippen LogP contribution in [-0.4, -0.2) is 26.0 Å². The van der Waals surface area contributed by atoms with Crippen molar-refractivity contribution in [2.75, 3.05) is 20.1 Å². The lowest BCUT2D eigenvalue weighted by Crippen LogP contribution is -2.25. The van der Waals surface area contributed by atoms with E-state index in [0.29, 0.717) is 0 Å². The first kappa shape index (κ1) is 10.2. The minimum Gasteiger partial charge on any atom is -0.351 e. The third-order valence-corrected chi connectivity index (χ3v) is 2.50. The molecule has 0 aliphatic heterocycles. The van der Waals surface area contributed by atoms with Crippen LogP contribution in [0.15, 0.2) is 17.5 Å². The van der Waals surface area contributed by atoms with Gasteiger partial charge >= 0.3 is 0 Å². The highest BCUT2D eigenvalue weighted by molar-refractivity contribution is 7.12. The fraction of sp³-hybridized carbons (Fsp3) is 0.444. The first-order valence-corrected chi connectivity index (χ1v) is 5.19. The minimum atomic E-state index is 0.0334. The highest BCUT2D eigenvalue weighted by Gasteiger charge is 2.03. The first-order chi connectivity index (χ1) is 6.34. The number of rotatable bonds is 5. The van der Waals surface area contributed by atoms with Crippen LogP contribution in [0.1, 0.15) is 16.1 Å². The Kier molecular flexibility index (Phi) is 4.49. The van der Waals surface area contributed by atoms with Gasteiger partial charge in [0.05, 0.1) is 4.88 Å². The van der Waals surface area contributed by atoms with E-state index in [1.807, 2.05) is 24.6 Å². The van der Waals surface area contributed by atoms with E-state index in [0.717, 1.165) is 24.4 Å². The van der Waals surface area contributed by atoms with Gasteiger partial charge in [-0.2, -0.15) is 0 Å². The molecule has 1 aromatic heterocycles. The van der Waals surface area contributed by atoms with Crippen LogP contribution in [-0.2, 0) is 0 Å². The average molecular weight is 198 g/mol. The Hall–Kier alpha value is -0.870. The van der Waals surface area contributed by atoms with Gasteiger partial charge < -0.3 is 10.6 Å². The predicted molar refractivity (Wildman–Crippen MR) is 55.2 cm³/mol. The molecular weight excluding hydrogens is 184 g/mol. The fourth-order valence-corrected chi connectivity index (χ4v) is 1.60. The van der Waals surface area contributed by atoms with Gasteiger partial charge in [0.15, 0.2) is 0 Å². The van der Waals surface area contributed by atoms with Gasteiger partial charge in [-0.15, -0.1) is 11.3 Å². The zero-order valence-electron chi connectivity index (χ0n) is 7.67. The molecule has 0 aromatic carbocycles. The van der Waals surface area contributed by atoms with Gasteiger partial charge in [-0.1, -0.05) is 6.07 Å². The minimum absolute atomic E-state index is 0.0334. The molecule has 0 spiro atoms. The van der Waals surface area contributed by atoms with E-state index < -0.39 is 0 Å². The van der Waals surface area contributed by atoms with Crippen LogP contribution in [0.3, 0.4) is 0 Å². The number of hydrogen-bond acceptors (Lipinski definition) is 3. The molecular formula is C9H14N2OS. The van der Waals surface area contributed by atoms with Gasteiger partial charge in [-0.25, -0.2) is 0 Å². The lowest BCUT2D eigenvalue weighted by atomic mass is 10.4. The summed E-state index contributed by atoms with van der Waals surface area (Å²) in [5.41, 5.74) is 0. The van der Waals surface area contributed by atoms with E-state index in [1.165, 1.54) is 11.3 Å². The Bertz CT molecular complexity index is 246. The van der Waals surface area contributed by atoms with Crippen molar-refractivity contribution < 1.29 is 4.79 Å². The molecule has 0 aliphatic rings. The summed E-state index contributed by atoms with van der Waals surface area (Å²) < 4.78 is 0. The van der Waals surface area contributed by atoms with Gasteiger partial charge in [-0.05, 0) is 31.5 Å². The highest BCUT2D eigenvalue weighted by atomic mass is 32.1. The van der Waals surface area contributed by atoms with Crippen molar-refractivity contribution in [2.45, 2.75) is 6.42 Å². The van der Waals surface area contributed by atoms with E-state index >= 15 is 0 Å². The molecule has 3 nitrogen and oxygen atoms in total. The molecule has 4 heteroatoms. The third-order valence-electron chi connectivity index (χ3n) is 1.63. The Morgan fingerprint density at radius 2 is 2.38 bits per heavy atom. The molecule has 0 atom stereocenters. The van der Waals surface area contributed by atoms with E-state index in [2.05, 4.69) is 10.6 Å². The van der Waals surface area contributed by atoms with Crippen molar-refractivity contribution in [3.05, 3.63) is 22.4 Å². The zero-order chi connectivity index (χ0) is 9.52. The van der Waals surface area contributed by atoms with Crippen LogP contribution in [0.5, 0.6) is 0 Å². The number of carbonyl (C=O) groups excluding carboxylic acids is 1. The van der Waals surface area contributed by atoms with Crippen molar-refractivity contribution in [1.29, 1.82) is 0 Å². The molecule has 0 fully saturated rings. The lowest BCUT2D eigenvalue weighted by molar-refractivity contribution is 0.0957. The fourth-order valence-electron chi connectivity index (χ4n) is 0.962.